The van der Waals surface area contributed by atoms with Crippen molar-refractivity contribution in [2.45, 2.75) is 12.8 Å². The van der Waals surface area contributed by atoms with Crippen LogP contribution in [0.1, 0.15) is 12.8 Å². The van der Waals surface area contributed by atoms with Crippen molar-refractivity contribution in [3.63, 3.8) is 0 Å². The molecule has 0 saturated carbocycles. The molecule has 0 aliphatic carbocycles. The summed E-state index contributed by atoms with van der Waals surface area (Å²) in [7, 11) is 0. The zero-order chi connectivity index (χ0) is 19.5. The van der Waals surface area contributed by atoms with Crippen LogP contribution in [0.5, 0.6) is 0 Å². The summed E-state index contributed by atoms with van der Waals surface area (Å²) in [6, 6.07) is 8.69. The maximum atomic E-state index is 12.7. The molecule has 1 amide bonds. The Morgan fingerprint density at radius 1 is 1.11 bits per heavy atom. The molecule has 10 heteroatoms. The quantitative estimate of drug-likeness (QED) is 0.700. The number of halogens is 2. The SMILES string of the molecule is O=C(Nc1cc(Cl)cc(Cl)c1)C1CCCN(c2ccc(-n3cncn3)nn2)C1. The molecule has 0 spiro atoms. The molecule has 3 aromatic rings. The van der Waals surface area contributed by atoms with Crippen LogP contribution in [-0.2, 0) is 4.79 Å². The lowest BCUT2D eigenvalue weighted by molar-refractivity contribution is -0.120. The molecule has 3 heterocycles. The number of nitrogens with one attached hydrogen (secondary N) is 1. The minimum atomic E-state index is -0.164. The first kappa shape index (κ1) is 18.6. The average Bonchev–Trinajstić information content (AvgIpc) is 3.22. The molecule has 4 rings (SSSR count). The van der Waals surface area contributed by atoms with E-state index in [0.29, 0.717) is 28.1 Å². The Hall–Kier alpha value is -2.71. The number of carbonyl (C=O) groups is 1. The first-order chi connectivity index (χ1) is 13.6. The third kappa shape index (κ3) is 4.23. The Morgan fingerprint density at radius 3 is 2.54 bits per heavy atom. The molecule has 1 aliphatic rings. The number of amides is 1. The monoisotopic (exact) mass is 417 g/mol. The molecule has 1 saturated heterocycles. The second kappa shape index (κ2) is 8.12. The summed E-state index contributed by atoms with van der Waals surface area (Å²) in [5.41, 5.74) is 0.594. The molecule has 1 N–H and O–H groups in total. The summed E-state index contributed by atoms with van der Waals surface area (Å²) in [5, 5.41) is 16.4. The molecule has 0 bridgehead atoms. The minimum absolute atomic E-state index is 0.0600. The lowest BCUT2D eigenvalue weighted by Crippen LogP contribution is -2.41. The second-order valence-corrected chi connectivity index (χ2v) is 7.40. The first-order valence-electron chi connectivity index (χ1n) is 8.79. The predicted molar refractivity (Wildman–Crippen MR) is 107 cm³/mol. The summed E-state index contributed by atoms with van der Waals surface area (Å²) in [6.45, 7) is 1.39. The standard InChI is InChI=1S/C18H17Cl2N7O/c19-13-6-14(20)8-15(7-13)23-18(28)12-2-1-5-26(9-12)16-3-4-17(25-24-16)27-11-21-10-22-27/h3-4,6-8,10-12H,1-2,5,9H2,(H,23,28). The van der Waals surface area contributed by atoms with Gasteiger partial charge in [-0.25, -0.2) is 9.67 Å². The van der Waals surface area contributed by atoms with Crippen LogP contribution in [0.25, 0.3) is 5.82 Å². The van der Waals surface area contributed by atoms with Gasteiger partial charge < -0.3 is 10.2 Å². The Labute approximate surface area is 171 Å². The maximum absolute atomic E-state index is 12.7. The molecule has 8 nitrogen and oxygen atoms in total. The fourth-order valence-electron chi connectivity index (χ4n) is 3.21. The van der Waals surface area contributed by atoms with Gasteiger partial charge in [-0.05, 0) is 43.2 Å². The van der Waals surface area contributed by atoms with E-state index in [4.69, 9.17) is 23.2 Å². The van der Waals surface area contributed by atoms with E-state index in [1.807, 2.05) is 12.1 Å². The molecular weight excluding hydrogens is 401 g/mol. The molecule has 1 aliphatic heterocycles. The third-order valence-electron chi connectivity index (χ3n) is 4.54. The van der Waals surface area contributed by atoms with E-state index in [2.05, 4.69) is 30.5 Å². The molecule has 1 aromatic carbocycles. The van der Waals surface area contributed by atoms with Crippen molar-refractivity contribution < 1.29 is 4.79 Å². The number of rotatable bonds is 4. The highest BCUT2D eigenvalue weighted by Gasteiger charge is 2.27. The van der Waals surface area contributed by atoms with Gasteiger partial charge in [0.05, 0.1) is 5.92 Å². The Morgan fingerprint density at radius 2 is 1.86 bits per heavy atom. The van der Waals surface area contributed by atoms with E-state index in [9.17, 15) is 4.79 Å². The van der Waals surface area contributed by atoms with Gasteiger partial charge in [0.1, 0.15) is 12.7 Å². The highest BCUT2D eigenvalue weighted by molar-refractivity contribution is 6.35. The van der Waals surface area contributed by atoms with E-state index in [1.54, 1.807) is 29.2 Å². The molecule has 1 fully saturated rings. The predicted octanol–water partition coefficient (Wildman–Crippen LogP) is 3.22. The Balaban J connectivity index is 1.43. The average molecular weight is 418 g/mol. The lowest BCUT2D eigenvalue weighted by Gasteiger charge is -2.32. The van der Waals surface area contributed by atoms with E-state index >= 15 is 0 Å². The lowest BCUT2D eigenvalue weighted by atomic mass is 9.97. The van der Waals surface area contributed by atoms with Gasteiger partial charge in [-0.15, -0.1) is 10.2 Å². The number of hydrogen-bond donors (Lipinski definition) is 1. The van der Waals surface area contributed by atoms with Crippen LogP contribution in [0, 0.1) is 5.92 Å². The molecule has 28 heavy (non-hydrogen) atoms. The van der Waals surface area contributed by atoms with Crippen molar-refractivity contribution in [3.8, 4) is 5.82 Å². The molecule has 1 unspecified atom stereocenters. The van der Waals surface area contributed by atoms with Gasteiger partial charge in [-0.1, -0.05) is 23.2 Å². The number of nitrogens with zero attached hydrogens (tertiary/aromatic N) is 6. The highest BCUT2D eigenvalue weighted by atomic mass is 35.5. The number of piperidine rings is 1. The van der Waals surface area contributed by atoms with Crippen LogP contribution in [0.3, 0.4) is 0 Å². The summed E-state index contributed by atoms with van der Waals surface area (Å²) in [4.78, 5) is 18.7. The summed E-state index contributed by atoms with van der Waals surface area (Å²) < 4.78 is 1.54. The van der Waals surface area contributed by atoms with E-state index < -0.39 is 0 Å². The van der Waals surface area contributed by atoms with Crippen molar-refractivity contribution in [1.29, 1.82) is 0 Å². The molecule has 0 radical (unpaired) electrons. The number of carbonyl (C=O) groups excluding carboxylic acids is 1. The van der Waals surface area contributed by atoms with E-state index in [-0.39, 0.29) is 11.8 Å². The van der Waals surface area contributed by atoms with Crippen molar-refractivity contribution in [2.75, 3.05) is 23.3 Å². The Bertz CT molecular complexity index is 942. The Kier molecular flexibility index (Phi) is 5.40. The van der Waals surface area contributed by atoms with E-state index in [1.165, 1.54) is 6.33 Å². The van der Waals surface area contributed by atoms with Crippen molar-refractivity contribution in [3.05, 3.63) is 53.0 Å². The number of aromatic nitrogens is 5. The number of benzene rings is 1. The summed E-state index contributed by atoms with van der Waals surface area (Å²) in [6.07, 6.45) is 4.70. The van der Waals surface area contributed by atoms with Gasteiger partial charge in [0.2, 0.25) is 5.91 Å². The second-order valence-electron chi connectivity index (χ2n) is 6.52. The zero-order valence-corrected chi connectivity index (χ0v) is 16.3. The van der Waals surface area contributed by atoms with E-state index in [0.717, 1.165) is 25.2 Å². The summed E-state index contributed by atoms with van der Waals surface area (Å²) >= 11 is 12.0. The third-order valence-corrected chi connectivity index (χ3v) is 4.97. The number of anilines is 2. The van der Waals surface area contributed by atoms with Crippen molar-refractivity contribution in [1.82, 2.24) is 25.0 Å². The zero-order valence-electron chi connectivity index (χ0n) is 14.8. The van der Waals surface area contributed by atoms with Gasteiger partial charge in [-0.2, -0.15) is 5.10 Å². The fraction of sp³-hybridized carbons (Fsp3) is 0.278. The van der Waals surface area contributed by atoms with Crippen LogP contribution in [0.2, 0.25) is 10.0 Å². The van der Waals surface area contributed by atoms with Gasteiger partial charge >= 0.3 is 0 Å². The normalized spacial score (nSPS) is 16.8. The van der Waals surface area contributed by atoms with Gasteiger partial charge in [-0.3, -0.25) is 4.79 Å². The van der Waals surface area contributed by atoms with Gasteiger partial charge in [0, 0.05) is 28.8 Å². The highest BCUT2D eigenvalue weighted by Crippen LogP contribution is 2.25. The largest absolute Gasteiger partial charge is 0.354 e. The van der Waals surface area contributed by atoms with Crippen LogP contribution in [0.4, 0.5) is 11.5 Å². The molecule has 144 valence electrons. The van der Waals surface area contributed by atoms with Crippen LogP contribution in [0.15, 0.2) is 43.0 Å². The summed E-state index contributed by atoms with van der Waals surface area (Å²) in [5.74, 6) is 1.09. The first-order valence-corrected chi connectivity index (χ1v) is 9.55. The smallest absolute Gasteiger partial charge is 0.229 e. The van der Waals surface area contributed by atoms with Crippen LogP contribution in [-0.4, -0.2) is 44.0 Å². The topological polar surface area (TPSA) is 88.8 Å². The van der Waals surface area contributed by atoms with Gasteiger partial charge in [0.15, 0.2) is 11.6 Å². The number of hydrogen-bond acceptors (Lipinski definition) is 6. The van der Waals surface area contributed by atoms with Gasteiger partial charge in [0.25, 0.3) is 0 Å². The van der Waals surface area contributed by atoms with Crippen molar-refractivity contribution >= 4 is 40.6 Å². The van der Waals surface area contributed by atoms with Crippen molar-refractivity contribution in [2.24, 2.45) is 5.92 Å². The molecule has 2 aromatic heterocycles. The molecular formula is C18H17Cl2N7O. The van der Waals surface area contributed by atoms with Crippen LogP contribution >= 0.6 is 23.2 Å². The minimum Gasteiger partial charge on any atom is -0.354 e. The van der Waals surface area contributed by atoms with Crippen LogP contribution < -0.4 is 10.2 Å². The maximum Gasteiger partial charge on any atom is 0.229 e. The molecule has 1 atom stereocenters. The fourth-order valence-corrected chi connectivity index (χ4v) is 3.73.